The Morgan fingerprint density at radius 2 is 1.94 bits per heavy atom. The maximum atomic E-state index is 5.78. The first-order valence-corrected chi connectivity index (χ1v) is 11.5. The summed E-state index contributed by atoms with van der Waals surface area (Å²) in [7, 11) is 2.22. The van der Waals surface area contributed by atoms with E-state index in [0.717, 1.165) is 51.0 Å². The molecule has 0 fully saturated rings. The second-order valence-corrected chi connectivity index (χ2v) is 8.69. The van der Waals surface area contributed by atoms with Gasteiger partial charge in [-0.1, -0.05) is 24.3 Å². The highest BCUT2D eigenvalue weighted by atomic mass is 15.2. The Bertz CT molecular complexity index is 1200. The zero-order valence-electron chi connectivity index (χ0n) is 18.3. The van der Waals surface area contributed by atoms with Crippen LogP contribution in [0.15, 0.2) is 54.9 Å². The standard InChI is InChI=1S/C26H31N5/c1-30(24-12-6-8-19-9-7-15-29-25(19)24)18-22-26-21(13-16-28-22)20-10-2-3-11-23(20)31(26)17-5-4-14-27/h2-3,7,9-11,13,15-16,24H,4-6,8,12,14,17-18,27H2,1H3/t24-/m0/s1. The summed E-state index contributed by atoms with van der Waals surface area (Å²) >= 11 is 0. The minimum atomic E-state index is 0.345. The minimum Gasteiger partial charge on any atom is -0.339 e. The lowest BCUT2D eigenvalue weighted by Gasteiger charge is -2.32. The molecule has 2 N–H and O–H groups in total. The zero-order valence-corrected chi connectivity index (χ0v) is 18.3. The summed E-state index contributed by atoms with van der Waals surface area (Å²) in [4.78, 5) is 12.1. The quantitative estimate of drug-likeness (QED) is 0.441. The molecule has 5 rings (SSSR count). The first-order chi connectivity index (χ1) is 15.3. The molecule has 160 valence electrons. The molecule has 0 radical (unpaired) electrons. The third-order valence-corrected chi connectivity index (χ3v) is 6.69. The summed E-state index contributed by atoms with van der Waals surface area (Å²) in [5.41, 5.74) is 12.1. The van der Waals surface area contributed by atoms with Crippen LogP contribution < -0.4 is 5.73 Å². The Labute approximate surface area is 183 Å². The van der Waals surface area contributed by atoms with Crippen LogP contribution in [0.4, 0.5) is 0 Å². The molecule has 3 heterocycles. The number of para-hydroxylation sites is 1. The monoisotopic (exact) mass is 413 g/mol. The number of rotatable bonds is 7. The molecule has 0 unspecified atom stereocenters. The van der Waals surface area contributed by atoms with E-state index in [2.05, 4.69) is 59.0 Å². The van der Waals surface area contributed by atoms with Gasteiger partial charge in [0, 0.05) is 41.8 Å². The van der Waals surface area contributed by atoms with E-state index in [1.54, 1.807) is 0 Å². The molecule has 5 heteroatoms. The fourth-order valence-electron chi connectivity index (χ4n) is 5.20. The van der Waals surface area contributed by atoms with Crippen molar-refractivity contribution in [2.24, 2.45) is 5.73 Å². The van der Waals surface area contributed by atoms with Gasteiger partial charge in [0.1, 0.15) is 0 Å². The van der Waals surface area contributed by atoms with Gasteiger partial charge in [-0.25, -0.2) is 0 Å². The maximum Gasteiger partial charge on any atom is 0.0786 e. The Morgan fingerprint density at radius 3 is 2.84 bits per heavy atom. The molecule has 0 bridgehead atoms. The lowest BCUT2D eigenvalue weighted by atomic mass is 9.91. The van der Waals surface area contributed by atoms with E-state index in [0.29, 0.717) is 6.04 Å². The summed E-state index contributed by atoms with van der Waals surface area (Å²) in [5.74, 6) is 0. The van der Waals surface area contributed by atoms with E-state index in [4.69, 9.17) is 15.7 Å². The van der Waals surface area contributed by atoms with E-state index in [1.807, 2.05) is 12.4 Å². The first kappa shape index (κ1) is 20.2. The van der Waals surface area contributed by atoms with Gasteiger partial charge in [0.05, 0.1) is 22.9 Å². The van der Waals surface area contributed by atoms with Crippen LogP contribution in [0.3, 0.4) is 0 Å². The number of nitrogens with zero attached hydrogens (tertiary/aromatic N) is 4. The first-order valence-electron chi connectivity index (χ1n) is 11.5. The Kier molecular flexibility index (Phi) is 5.70. The number of fused-ring (bicyclic) bond motifs is 4. The van der Waals surface area contributed by atoms with Crippen molar-refractivity contribution in [2.75, 3.05) is 13.6 Å². The Hall–Kier alpha value is -2.76. The van der Waals surface area contributed by atoms with Crippen molar-refractivity contribution in [3.8, 4) is 0 Å². The van der Waals surface area contributed by atoms with Crippen LogP contribution in [0.25, 0.3) is 21.8 Å². The average molecular weight is 414 g/mol. The number of hydrogen-bond acceptors (Lipinski definition) is 4. The van der Waals surface area contributed by atoms with Crippen LogP contribution in [0, 0.1) is 0 Å². The van der Waals surface area contributed by atoms with Gasteiger partial charge in [-0.3, -0.25) is 14.9 Å². The van der Waals surface area contributed by atoms with Crippen LogP contribution >= 0.6 is 0 Å². The van der Waals surface area contributed by atoms with E-state index in [1.165, 1.54) is 39.5 Å². The molecule has 0 amide bonds. The summed E-state index contributed by atoms with van der Waals surface area (Å²) in [6.45, 7) is 2.52. The van der Waals surface area contributed by atoms with Crippen LogP contribution in [0.1, 0.15) is 48.7 Å². The SMILES string of the molecule is CN(Cc1nccc2c3ccccc3n(CCCCN)c12)[C@H]1CCCc2cccnc21. The van der Waals surface area contributed by atoms with Crippen LogP contribution in [0.5, 0.6) is 0 Å². The number of nitrogens with two attached hydrogens (primary N) is 1. The normalized spacial score (nSPS) is 16.3. The van der Waals surface area contributed by atoms with Crippen molar-refractivity contribution in [1.82, 2.24) is 19.4 Å². The number of aryl methyl sites for hydroxylation is 2. The molecule has 1 aliphatic rings. The molecule has 0 aliphatic heterocycles. The number of unbranched alkanes of at least 4 members (excludes halogenated alkanes) is 1. The van der Waals surface area contributed by atoms with Gasteiger partial charge in [0.25, 0.3) is 0 Å². The zero-order chi connectivity index (χ0) is 21.2. The molecular formula is C26H31N5. The molecule has 31 heavy (non-hydrogen) atoms. The van der Waals surface area contributed by atoms with E-state index in [-0.39, 0.29) is 0 Å². The van der Waals surface area contributed by atoms with E-state index < -0.39 is 0 Å². The van der Waals surface area contributed by atoms with Gasteiger partial charge >= 0.3 is 0 Å². The fourth-order valence-corrected chi connectivity index (χ4v) is 5.20. The Balaban J connectivity index is 1.55. The van der Waals surface area contributed by atoms with Gasteiger partial charge in [-0.15, -0.1) is 0 Å². The molecule has 3 aromatic heterocycles. The summed E-state index contributed by atoms with van der Waals surface area (Å²) in [6, 6.07) is 15.5. The van der Waals surface area contributed by atoms with Crippen LogP contribution in [0.2, 0.25) is 0 Å². The lowest BCUT2D eigenvalue weighted by Crippen LogP contribution is -2.29. The highest BCUT2D eigenvalue weighted by Gasteiger charge is 2.26. The van der Waals surface area contributed by atoms with Crippen molar-refractivity contribution in [1.29, 1.82) is 0 Å². The number of benzene rings is 1. The molecule has 0 saturated carbocycles. The van der Waals surface area contributed by atoms with Crippen LogP contribution in [-0.2, 0) is 19.5 Å². The molecule has 1 aliphatic carbocycles. The molecule has 5 nitrogen and oxygen atoms in total. The summed E-state index contributed by atoms with van der Waals surface area (Å²) < 4.78 is 2.46. The van der Waals surface area contributed by atoms with Crippen molar-refractivity contribution >= 4 is 21.8 Å². The van der Waals surface area contributed by atoms with Crippen molar-refractivity contribution < 1.29 is 0 Å². The summed E-state index contributed by atoms with van der Waals surface area (Å²) in [6.07, 6.45) is 9.51. The fraction of sp³-hybridized carbons (Fsp3) is 0.385. The smallest absolute Gasteiger partial charge is 0.0786 e. The third kappa shape index (κ3) is 3.73. The second kappa shape index (κ2) is 8.77. The maximum absolute atomic E-state index is 5.78. The highest BCUT2D eigenvalue weighted by Crippen LogP contribution is 2.35. The number of hydrogen-bond donors (Lipinski definition) is 1. The molecule has 4 aromatic rings. The second-order valence-electron chi connectivity index (χ2n) is 8.69. The van der Waals surface area contributed by atoms with Crippen molar-refractivity contribution in [3.63, 3.8) is 0 Å². The van der Waals surface area contributed by atoms with Gasteiger partial charge < -0.3 is 10.3 Å². The molecule has 0 saturated heterocycles. The third-order valence-electron chi connectivity index (χ3n) is 6.69. The molecular weight excluding hydrogens is 382 g/mol. The number of aromatic nitrogens is 3. The van der Waals surface area contributed by atoms with Crippen molar-refractivity contribution in [3.05, 3.63) is 71.8 Å². The predicted molar refractivity (Wildman–Crippen MR) is 127 cm³/mol. The number of pyridine rings is 2. The van der Waals surface area contributed by atoms with Crippen LogP contribution in [-0.4, -0.2) is 33.0 Å². The summed E-state index contributed by atoms with van der Waals surface area (Å²) in [5, 5.41) is 2.60. The van der Waals surface area contributed by atoms with Crippen molar-refractivity contribution in [2.45, 2.75) is 51.2 Å². The van der Waals surface area contributed by atoms with E-state index >= 15 is 0 Å². The Morgan fingerprint density at radius 1 is 1.03 bits per heavy atom. The average Bonchev–Trinajstić information content (AvgIpc) is 3.14. The molecule has 0 spiro atoms. The largest absolute Gasteiger partial charge is 0.339 e. The van der Waals surface area contributed by atoms with Gasteiger partial charge in [0.15, 0.2) is 0 Å². The van der Waals surface area contributed by atoms with Gasteiger partial charge in [-0.2, -0.15) is 0 Å². The van der Waals surface area contributed by atoms with E-state index in [9.17, 15) is 0 Å². The topological polar surface area (TPSA) is 60.0 Å². The lowest BCUT2D eigenvalue weighted by molar-refractivity contribution is 0.207. The minimum absolute atomic E-state index is 0.345. The van der Waals surface area contributed by atoms with Gasteiger partial charge in [-0.05, 0) is 69.5 Å². The predicted octanol–water partition coefficient (Wildman–Crippen LogP) is 4.83. The highest BCUT2D eigenvalue weighted by molar-refractivity contribution is 6.08. The van der Waals surface area contributed by atoms with Gasteiger partial charge in [0.2, 0.25) is 0 Å². The molecule has 1 atom stereocenters. The molecule has 1 aromatic carbocycles.